The zero-order valence-corrected chi connectivity index (χ0v) is 11.9. The topological polar surface area (TPSA) is 45.7 Å². The second-order valence-electron chi connectivity index (χ2n) is 4.52. The predicted molar refractivity (Wildman–Crippen MR) is 81.4 cm³/mol. The Kier molecular flexibility index (Phi) is 5.30. The number of nitrogens with one attached hydrogen (secondary N) is 2. The lowest BCUT2D eigenvalue weighted by atomic mass is 10.1. The lowest BCUT2D eigenvalue weighted by molar-refractivity contribution is 0.114. The van der Waals surface area contributed by atoms with Gasteiger partial charge >= 0.3 is 0 Å². The molecule has 0 spiro atoms. The first kappa shape index (κ1) is 14.0. The van der Waals surface area contributed by atoms with Gasteiger partial charge in [0.25, 0.3) is 0 Å². The zero-order valence-electron chi connectivity index (χ0n) is 11.1. The van der Waals surface area contributed by atoms with Gasteiger partial charge in [0.05, 0.1) is 11.8 Å². The molecule has 0 bridgehead atoms. The normalized spacial score (nSPS) is 19.2. The first-order valence-corrected chi connectivity index (χ1v) is 6.91. The zero-order chi connectivity index (χ0) is 13.5. The van der Waals surface area contributed by atoms with Gasteiger partial charge in [-0.3, -0.25) is 5.43 Å². The molecule has 0 aliphatic carbocycles. The van der Waals surface area contributed by atoms with Crippen LogP contribution in [-0.2, 0) is 4.74 Å². The van der Waals surface area contributed by atoms with Crippen LogP contribution < -0.4 is 10.7 Å². The van der Waals surface area contributed by atoms with Gasteiger partial charge in [0.15, 0.2) is 5.11 Å². The van der Waals surface area contributed by atoms with Crippen molar-refractivity contribution in [3.8, 4) is 0 Å². The van der Waals surface area contributed by atoms with Gasteiger partial charge in [-0.25, -0.2) is 0 Å². The van der Waals surface area contributed by atoms with Crippen LogP contribution in [0.1, 0.15) is 25.3 Å². The molecule has 1 aliphatic heterocycles. The summed E-state index contributed by atoms with van der Waals surface area (Å²) in [5.41, 5.74) is 4.84. The second-order valence-corrected chi connectivity index (χ2v) is 4.93. The van der Waals surface area contributed by atoms with Gasteiger partial charge in [0, 0.05) is 13.2 Å². The van der Waals surface area contributed by atoms with Crippen molar-refractivity contribution >= 4 is 23.0 Å². The summed E-state index contributed by atoms with van der Waals surface area (Å²) < 4.78 is 5.51. The van der Waals surface area contributed by atoms with Gasteiger partial charge in [-0.15, -0.1) is 0 Å². The fourth-order valence-electron chi connectivity index (χ4n) is 1.93. The van der Waals surface area contributed by atoms with Gasteiger partial charge in [-0.1, -0.05) is 30.3 Å². The quantitative estimate of drug-likeness (QED) is 0.502. The first-order valence-electron chi connectivity index (χ1n) is 6.51. The van der Waals surface area contributed by atoms with Crippen LogP contribution in [0.15, 0.2) is 35.4 Å². The van der Waals surface area contributed by atoms with E-state index >= 15 is 0 Å². The molecule has 4 nitrogen and oxygen atoms in total. The number of thiocarbonyl (C=S) groups is 1. The average Bonchev–Trinajstić information content (AvgIpc) is 2.96. The van der Waals surface area contributed by atoms with Gasteiger partial charge in [-0.2, -0.15) is 5.10 Å². The number of hydrazone groups is 1. The van der Waals surface area contributed by atoms with Crippen molar-refractivity contribution in [1.82, 2.24) is 10.7 Å². The van der Waals surface area contributed by atoms with E-state index in [1.807, 2.05) is 37.3 Å². The van der Waals surface area contributed by atoms with Crippen LogP contribution in [0.25, 0.3) is 0 Å². The Morgan fingerprint density at radius 2 is 2.21 bits per heavy atom. The molecule has 102 valence electrons. The van der Waals surface area contributed by atoms with E-state index < -0.39 is 0 Å². The molecule has 19 heavy (non-hydrogen) atoms. The molecule has 1 aliphatic rings. The standard InChI is InChI=1S/C14H19N3OS/c1-11(12-6-3-2-4-7-12)16-17-14(19)15-10-13-8-5-9-18-13/h2-4,6-7,13H,5,8-10H2,1H3,(H2,15,17,19)/b16-11-/t13-/m0/s1. The van der Waals surface area contributed by atoms with E-state index in [9.17, 15) is 0 Å². The fourth-order valence-corrected chi connectivity index (χ4v) is 2.06. The molecule has 1 aromatic carbocycles. The summed E-state index contributed by atoms with van der Waals surface area (Å²) in [7, 11) is 0. The molecule has 0 radical (unpaired) electrons. The number of hydrogen-bond acceptors (Lipinski definition) is 3. The molecule has 5 heteroatoms. The van der Waals surface area contributed by atoms with E-state index in [1.54, 1.807) is 0 Å². The van der Waals surface area contributed by atoms with Gasteiger partial charge in [0.2, 0.25) is 0 Å². The van der Waals surface area contributed by atoms with Crippen LogP contribution in [-0.4, -0.2) is 30.1 Å². The van der Waals surface area contributed by atoms with Crippen molar-refractivity contribution in [1.29, 1.82) is 0 Å². The maximum atomic E-state index is 5.51. The molecule has 0 amide bonds. The van der Waals surface area contributed by atoms with E-state index in [0.29, 0.717) is 5.11 Å². The fraction of sp³-hybridized carbons (Fsp3) is 0.429. The van der Waals surface area contributed by atoms with Crippen LogP contribution >= 0.6 is 12.2 Å². The Balaban J connectivity index is 1.76. The highest BCUT2D eigenvalue weighted by Crippen LogP contribution is 2.10. The SMILES string of the molecule is C/C(=N/NC(=S)NC[C@@H]1CCCO1)c1ccccc1. The van der Waals surface area contributed by atoms with Crippen molar-refractivity contribution in [3.05, 3.63) is 35.9 Å². The largest absolute Gasteiger partial charge is 0.376 e. The molecule has 2 N–H and O–H groups in total. The number of rotatable bonds is 4. The summed E-state index contributed by atoms with van der Waals surface area (Å²) in [5.74, 6) is 0. The van der Waals surface area contributed by atoms with Crippen molar-refractivity contribution in [2.75, 3.05) is 13.2 Å². The third kappa shape index (κ3) is 4.61. The van der Waals surface area contributed by atoms with Gasteiger partial charge in [-0.05, 0) is 37.5 Å². The highest BCUT2D eigenvalue weighted by molar-refractivity contribution is 7.80. The highest BCUT2D eigenvalue weighted by Gasteiger charge is 2.14. The van der Waals surface area contributed by atoms with Crippen molar-refractivity contribution in [2.45, 2.75) is 25.9 Å². The monoisotopic (exact) mass is 277 g/mol. The number of hydrogen-bond donors (Lipinski definition) is 2. The van der Waals surface area contributed by atoms with E-state index in [4.69, 9.17) is 17.0 Å². The van der Waals surface area contributed by atoms with E-state index in [0.717, 1.165) is 37.3 Å². The van der Waals surface area contributed by atoms with Gasteiger partial charge < -0.3 is 10.1 Å². The summed E-state index contributed by atoms with van der Waals surface area (Å²) >= 11 is 5.17. The Morgan fingerprint density at radius 3 is 2.89 bits per heavy atom. The second kappa shape index (κ2) is 7.21. The number of ether oxygens (including phenoxy) is 1. The average molecular weight is 277 g/mol. The molecule has 1 atom stereocenters. The third-order valence-corrected chi connectivity index (χ3v) is 3.27. The number of benzene rings is 1. The lowest BCUT2D eigenvalue weighted by Gasteiger charge is -2.12. The first-order chi connectivity index (χ1) is 9.25. The van der Waals surface area contributed by atoms with Crippen LogP contribution in [0, 0.1) is 0 Å². The van der Waals surface area contributed by atoms with Gasteiger partial charge in [0.1, 0.15) is 0 Å². The predicted octanol–water partition coefficient (Wildman–Crippen LogP) is 2.05. The minimum Gasteiger partial charge on any atom is -0.376 e. The minimum absolute atomic E-state index is 0.277. The van der Waals surface area contributed by atoms with Crippen molar-refractivity contribution < 1.29 is 4.74 Å². The summed E-state index contributed by atoms with van der Waals surface area (Å²) in [6.45, 7) is 3.55. The van der Waals surface area contributed by atoms with E-state index in [2.05, 4.69) is 15.8 Å². The van der Waals surface area contributed by atoms with Crippen LogP contribution in [0.3, 0.4) is 0 Å². The Bertz CT molecular complexity index is 441. The van der Waals surface area contributed by atoms with E-state index in [1.165, 1.54) is 0 Å². The Labute approximate surface area is 119 Å². The lowest BCUT2D eigenvalue weighted by Crippen LogP contribution is -2.37. The summed E-state index contributed by atoms with van der Waals surface area (Å²) in [4.78, 5) is 0. The summed E-state index contributed by atoms with van der Waals surface area (Å²) in [6.07, 6.45) is 2.51. The molecule has 1 aromatic rings. The van der Waals surface area contributed by atoms with Crippen LogP contribution in [0.2, 0.25) is 0 Å². The smallest absolute Gasteiger partial charge is 0.187 e. The molecular formula is C14H19N3OS. The Morgan fingerprint density at radius 1 is 1.42 bits per heavy atom. The Hall–Kier alpha value is -1.46. The number of nitrogens with zero attached hydrogens (tertiary/aromatic N) is 1. The highest BCUT2D eigenvalue weighted by atomic mass is 32.1. The van der Waals surface area contributed by atoms with Crippen molar-refractivity contribution in [3.63, 3.8) is 0 Å². The molecule has 0 aromatic heterocycles. The maximum absolute atomic E-state index is 5.51. The molecular weight excluding hydrogens is 258 g/mol. The van der Waals surface area contributed by atoms with Crippen molar-refractivity contribution in [2.24, 2.45) is 5.10 Å². The molecule has 1 saturated heterocycles. The summed E-state index contributed by atoms with van der Waals surface area (Å²) in [5, 5.41) is 7.91. The molecule has 2 rings (SSSR count). The molecule has 0 unspecified atom stereocenters. The maximum Gasteiger partial charge on any atom is 0.187 e. The summed E-state index contributed by atoms with van der Waals surface area (Å²) in [6, 6.07) is 10.00. The molecule has 1 fully saturated rings. The third-order valence-electron chi connectivity index (χ3n) is 3.03. The minimum atomic E-state index is 0.277. The van der Waals surface area contributed by atoms with Crippen LogP contribution in [0.5, 0.6) is 0 Å². The van der Waals surface area contributed by atoms with Crippen LogP contribution in [0.4, 0.5) is 0 Å². The van der Waals surface area contributed by atoms with E-state index in [-0.39, 0.29) is 6.10 Å². The molecule has 1 heterocycles. The molecule has 0 saturated carbocycles.